The predicted octanol–water partition coefficient (Wildman–Crippen LogP) is 2.70. The molecular formula is C9H13O2P. The van der Waals surface area contributed by atoms with Crippen LogP contribution in [0.2, 0.25) is 0 Å². The normalized spacial score (nSPS) is 11.1. The van der Waals surface area contributed by atoms with E-state index in [1.807, 2.05) is 18.2 Å². The van der Waals surface area contributed by atoms with E-state index in [4.69, 9.17) is 5.26 Å². The molecule has 0 aromatic heterocycles. The summed E-state index contributed by atoms with van der Waals surface area (Å²) in [6.07, 6.45) is 3.08. The van der Waals surface area contributed by atoms with Crippen molar-refractivity contribution in [1.29, 1.82) is 0 Å². The molecule has 1 N–H and O–H groups in total. The van der Waals surface area contributed by atoms with Gasteiger partial charge in [-0.25, -0.2) is 9.93 Å². The van der Waals surface area contributed by atoms with E-state index >= 15 is 0 Å². The number of hydrogen-bond donors (Lipinski definition) is 1. The van der Waals surface area contributed by atoms with Crippen LogP contribution in [0.15, 0.2) is 30.3 Å². The molecule has 0 aliphatic heterocycles. The highest BCUT2D eigenvalue weighted by Gasteiger charge is 1.91. The van der Waals surface area contributed by atoms with E-state index in [2.05, 4.69) is 16.8 Å². The molecule has 0 aliphatic carbocycles. The van der Waals surface area contributed by atoms with E-state index in [1.165, 1.54) is 5.56 Å². The molecule has 0 bridgehead atoms. The summed E-state index contributed by atoms with van der Waals surface area (Å²) in [4.78, 5) is 0. The minimum atomic E-state index is 0.222. The minimum Gasteiger partial charge on any atom is -0.249 e. The zero-order chi connectivity index (χ0) is 8.65. The summed E-state index contributed by atoms with van der Waals surface area (Å²) in [7, 11) is 0.222. The molecule has 0 spiro atoms. The van der Waals surface area contributed by atoms with Gasteiger partial charge in [-0.2, -0.15) is 0 Å². The van der Waals surface area contributed by atoms with Crippen LogP contribution in [-0.2, 0) is 11.1 Å². The third kappa shape index (κ3) is 3.82. The molecule has 0 heterocycles. The zero-order valence-corrected chi connectivity index (χ0v) is 7.86. The lowest BCUT2D eigenvalue weighted by Crippen LogP contribution is -1.86. The van der Waals surface area contributed by atoms with Gasteiger partial charge < -0.3 is 0 Å². The third-order valence-corrected chi connectivity index (χ3v) is 2.34. The Labute approximate surface area is 74.4 Å². The summed E-state index contributed by atoms with van der Waals surface area (Å²) in [6, 6.07) is 10.3. The Bertz CT molecular complexity index is 201. The van der Waals surface area contributed by atoms with Crippen molar-refractivity contribution in [3.63, 3.8) is 0 Å². The summed E-state index contributed by atoms with van der Waals surface area (Å²) in [5.41, 5.74) is 1.35. The van der Waals surface area contributed by atoms with Crippen LogP contribution in [0.1, 0.15) is 12.0 Å². The molecular weight excluding hydrogens is 171 g/mol. The van der Waals surface area contributed by atoms with E-state index in [9.17, 15) is 0 Å². The van der Waals surface area contributed by atoms with Gasteiger partial charge in [-0.1, -0.05) is 30.3 Å². The smallest absolute Gasteiger partial charge is 0.0562 e. The summed E-state index contributed by atoms with van der Waals surface area (Å²) >= 11 is 0. The number of rotatable bonds is 5. The van der Waals surface area contributed by atoms with Gasteiger partial charge in [0.25, 0.3) is 0 Å². The van der Waals surface area contributed by atoms with Gasteiger partial charge in [0.2, 0.25) is 0 Å². The maximum Gasteiger partial charge on any atom is 0.0562 e. The molecule has 0 aliphatic rings. The van der Waals surface area contributed by atoms with Crippen LogP contribution >= 0.6 is 8.81 Å². The first kappa shape index (κ1) is 9.66. The Hall–Kier alpha value is -0.430. The Morgan fingerprint density at radius 3 is 2.67 bits per heavy atom. The van der Waals surface area contributed by atoms with E-state index < -0.39 is 0 Å². The van der Waals surface area contributed by atoms with Crippen LogP contribution in [-0.4, -0.2) is 11.4 Å². The number of aryl methyl sites for hydroxylation is 1. The quantitative estimate of drug-likeness (QED) is 0.330. The largest absolute Gasteiger partial charge is 0.249 e. The lowest BCUT2D eigenvalue weighted by atomic mass is 10.1. The van der Waals surface area contributed by atoms with Crippen LogP contribution in [0, 0.1) is 0 Å². The molecule has 0 saturated carbocycles. The van der Waals surface area contributed by atoms with Crippen LogP contribution in [0.3, 0.4) is 0 Å². The van der Waals surface area contributed by atoms with E-state index in [-0.39, 0.29) is 8.81 Å². The molecule has 66 valence electrons. The molecule has 1 rings (SSSR count). The first-order valence-electron chi connectivity index (χ1n) is 4.00. The second-order valence-electron chi connectivity index (χ2n) is 2.57. The molecule has 1 unspecified atom stereocenters. The summed E-state index contributed by atoms with van der Waals surface area (Å²) in [6.45, 7) is 0. The monoisotopic (exact) mass is 184 g/mol. The highest BCUT2D eigenvalue weighted by Crippen LogP contribution is 2.12. The Morgan fingerprint density at radius 2 is 2.00 bits per heavy atom. The molecule has 0 fully saturated rings. The topological polar surface area (TPSA) is 29.5 Å². The second kappa shape index (κ2) is 6.13. The molecule has 1 aromatic rings. The first-order chi connectivity index (χ1) is 5.93. The fraction of sp³-hybridized carbons (Fsp3) is 0.333. The Morgan fingerprint density at radius 1 is 1.25 bits per heavy atom. The van der Waals surface area contributed by atoms with Gasteiger partial charge in [0.05, 0.1) is 8.81 Å². The molecule has 0 amide bonds. The molecule has 3 heteroatoms. The fourth-order valence-electron chi connectivity index (χ4n) is 1.06. The Kier molecular flexibility index (Phi) is 4.93. The van der Waals surface area contributed by atoms with Crippen LogP contribution in [0.5, 0.6) is 0 Å². The average Bonchev–Trinajstić information content (AvgIpc) is 2.14. The van der Waals surface area contributed by atoms with Crippen molar-refractivity contribution < 1.29 is 9.93 Å². The van der Waals surface area contributed by atoms with Gasteiger partial charge in [-0.3, -0.25) is 0 Å². The lowest BCUT2D eigenvalue weighted by molar-refractivity contribution is -0.122. The van der Waals surface area contributed by atoms with Crippen molar-refractivity contribution in [2.45, 2.75) is 12.8 Å². The molecule has 0 saturated heterocycles. The van der Waals surface area contributed by atoms with Crippen molar-refractivity contribution in [2.75, 3.05) is 6.16 Å². The van der Waals surface area contributed by atoms with E-state index in [0.717, 1.165) is 19.0 Å². The maximum absolute atomic E-state index is 8.08. The van der Waals surface area contributed by atoms with Crippen LogP contribution in [0.4, 0.5) is 0 Å². The lowest BCUT2D eigenvalue weighted by Gasteiger charge is -1.99. The maximum atomic E-state index is 8.08. The summed E-state index contributed by atoms with van der Waals surface area (Å²) < 4.78 is 4.01. The standard InChI is InChI=1S/C9H13O2P/c10-11-12-8-4-7-9-5-2-1-3-6-9/h1-3,5-6,10,12H,4,7-8H2. The van der Waals surface area contributed by atoms with Gasteiger partial charge in [0, 0.05) is 0 Å². The second-order valence-corrected chi connectivity index (χ2v) is 3.55. The predicted molar refractivity (Wildman–Crippen MR) is 51.7 cm³/mol. The highest BCUT2D eigenvalue weighted by molar-refractivity contribution is 7.32. The van der Waals surface area contributed by atoms with Crippen molar-refractivity contribution in [3.05, 3.63) is 35.9 Å². The number of benzene rings is 1. The Balaban J connectivity index is 2.16. The highest BCUT2D eigenvalue weighted by atomic mass is 31.1. The first-order valence-corrected chi connectivity index (χ1v) is 5.12. The van der Waals surface area contributed by atoms with Crippen molar-refractivity contribution in [2.24, 2.45) is 0 Å². The van der Waals surface area contributed by atoms with Gasteiger partial charge in [-0.15, -0.1) is 0 Å². The molecule has 12 heavy (non-hydrogen) atoms. The SMILES string of the molecule is OOPCCCc1ccccc1. The van der Waals surface area contributed by atoms with E-state index in [1.54, 1.807) is 0 Å². The average molecular weight is 184 g/mol. The third-order valence-electron chi connectivity index (χ3n) is 1.65. The summed E-state index contributed by atoms with van der Waals surface area (Å²) in [5, 5.41) is 8.08. The number of hydrogen-bond acceptors (Lipinski definition) is 2. The van der Waals surface area contributed by atoms with Crippen LogP contribution in [0.25, 0.3) is 0 Å². The van der Waals surface area contributed by atoms with Gasteiger partial charge >= 0.3 is 0 Å². The van der Waals surface area contributed by atoms with Crippen LogP contribution < -0.4 is 0 Å². The van der Waals surface area contributed by atoms with E-state index in [0.29, 0.717) is 0 Å². The van der Waals surface area contributed by atoms with Gasteiger partial charge in [0.15, 0.2) is 0 Å². The molecule has 0 radical (unpaired) electrons. The van der Waals surface area contributed by atoms with Gasteiger partial charge in [0.1, 0.15) is 0 Å². The van der Waals surface area contributed by atoms with Crippen molar-refractivity contribution in [3.8, 4) is 0 Å². The molecule has 2 nitrogen and oxygen atoms in total. The van der Waals surface area contributed by atoms with Crippen molar-refractivity contribution in [1.82, 2.24) is 0 Å². The summed E-state index contributed by atoms with van der Waals surface area (Å²) in [5.74, 6) is 0. The van der Waals surface area contributed by atoms with Gasteiger partial charge in [-0.05, 0) is 24.6 Å². The molecule has 1 atom stereocenters. The molecule has 1 aromatic carbocycles. The van der Waals surface area contributed by atoms with Crippen molar-refractivity contribution >= 4 is 8.81 Å². The zero-order valence-electron chi connectivity index (χ0n) is 6.86. The fourth-order valence-corrected chi connectivity index (χ4v) is 1.47. The minimum absolute atomic E-state index is 0.222.